The van der Waals surface area contributed by atoms with Crippen molar-refractivity contribution in [2.75, 3.05) is 26.7 Å². The maximum absolute atomic E-state index is 12.5. The molecule has 0 saturated carbocycles. The predicted octanol–water partition coefficient (Wildman–Crippen LogP) is 1.08. The van der Waals surface area contributed by atoms with Gasteiger partial charge in [0.15, 0.2) is 0 Å². The molecule has 0 aromatic carbocycles. The fourth-order valence-corrected chi connectivity index (χ4v) is 3.67. The topological polar surface area (TPSA) is 44.8 Å². The van der Waals surface area contributed by atoms with Crippen LogP contribution in [0.5, 0.6) is 0 Å². The summed E-state index contributed by atoms with van der Waals surface area (Å²) < 4.78 is 5.79. The van der Waals surface area contributed by atoms with Crippen LogP contribution in [0.3, 0.4) is 0 Å². The van der Waals surface area contributed by atoms with Crippen molar-refractivity contribution in [3.63, 3.8) is 0 Å². The number of carbonyl (C=O) groups is 1. The zero-order valence-electron chi connectivity index (χ0n) is 14.1. The van der Waals surface area contributed by atoms with Gasteiger partial charge >= 0.3 is 0 Å². The zero-order valence-corrected chi connectivity index (χ0v) is 14.1. The molecule has 1 amide bonds. The number of nitrogens with one attached hydrogen (secondary N) is 1. The van der Waals surface area contributed by atoms with Crippen LogP contribution in [0, 0.1) is 0 Å². The SMILES string of the molecule is C[C@H](NC(=O)[C@H](C)N1[C@H](C)CC[C@H]1C)[C@@H]1CN(C)CCO1. The summed E-state index contributed by atoms with van der Waals surface area (Å²) in [6.45, 7) is 11.1. The average Bonchev–Trinajstić information content (AvgIpc) is 2.77. The highest BCUT2D eigenvalue weighted by atomic mass is 16.5. The fourth-order valence-electron chi connectivity index (χ4n) is 3.67. The van der Waals surface area contributed by atoms with Crippen LogP contribution in [0.2, 0.25) is 0 Å². The number of morpholine rings is 1. The lowest BCUT2D eigenvalue weighted by molar-refractivity contribution is -0.129. The number of likely N-dealkylation sites (N-methyl/N-ethyl adjacent to an activating group) is 1. The van der Waals surface area contributed by atoms with Crippen LogP contribution in [0.15, 0.2) is 0 Å². The molecule has 0 unspecified atom stereocenters. The third-order valence-corrected chi connectivity index (χ3v) is 5.07. The first-order valence-corrected chi connectivity index (χ1v) is 8.28. The molecule has 0 aromatic rings. The van der Waals surface area contributed by atoms with Crippen molar-refractivity contribution in [3.8, 4) is 0 Å². The highest BCUT2D eigenvalue weighted by molar-refractivity contribution is 5.81. The minimum absolute atomic E-state index is 0.0518. The first-order valence-electron chi connectivity index (χ1n) is 8.28. The van der Waals surface area contributed by atoms with E-state index in [2.05, 4.69) is 36.0 Å². The zero-order chi connectivity index (χ0) is 15.6. The molecule has 5 heteroatoms. The number of amides is 1. The highest BCUT2D eigenvalue weighted by Gasteiger charge is 2.35. The van der Waals surface area contributed by atoms with Crippen molar-refractivity contribution >= 4 is 5.91 Å². The summed E-state index contributed by atoms with van der Waals surface area (Å²) in [6, 6.07) is 0.971. The summed E-state index contributed by atoms with van der Waals surface area (Å²) in [6.07, 6.45) is 2.46. The average molecular weight is 297 g/mol. The Balaban J connectivity index is 1.88. The third kappa shape index (κ3) is 3.96. The first kappa shape index (κ1) is 16.7. The number of hydrogen-bond acceptors (Lipinski definition) is 4. The lowest BCUT2D eigenvalue weighted by atomic mass is 10.1. The Morgan fingerprint density at radius 3 is 2.43 bits per heavy atom. The molecule has 1 N–H and O–H groups in total. The Labute approximate surface area is 129 Å². The van der Waals surface area contributed by atoms with E-state index in [0.717, 1.165) is 19.7 Å². The van der Waals surface area contributed by atoms with Crippen molar-refractivity contribution in [2.45, 2.75) is 70.8 Å². The van der Waals surface area contributed by atoms with Gasteiger partial charge in [0, 0.05) is 25.2 Å². The molecule has 2 heterocycles. The second kappa shape index (κ2) is 7.07. The Bertz CT molecular complexity index is 353. The molecule has 2 aliphatic rings. The van der Waals surface area contributed by atoms with Crippen molar-refractivity contribution in [1.82, 2.24) is 15.1 Å². The number of nitrogens with zero attached hydrogens (tertiary/aromatic N) is 2. The maximum atomic E-state index is 12.5. The molecule has 2 fully saturated rings. The van der Waals surface area contributed by atoms with Gasteiger partial charge in [-0.1, -0.05) is 0 Å². The Morgan fingerprint density at radius 1 is 1.24 bits per heavy atom. The van der Waals surface area contributed by atoms with Gasteiger partial charge in [-0.3, -0.25) is 9.69 Å². The molecule has 122 valence electrons. The van der Waals surface area contributed by atoms with Crippen LogP contribution in [-0.4, -0.2) is 72.7 Å². The summed E-state index contributed by atoms with van der Waals surface area (Å²) in [5.74, 6) is 0.125. The van der Waals surface area contributed by atoms with E-state index in [0.29, 0.717) is 12.1 Å². The predicted molar refractivity (Wildman–Crippen MR) is 84.3 cm³/mol. The van der Waals surface area contributed by atoms with Crippen LogP contribution in [0.1, 0.15) is 40.5 Å². The summed E-state index contributed by atoms with van der Waals surface area (Å²) in [5, 5.41) is 3.16. The van der Waals surface area contributed by atoms with Crippen molar-refractivity contribution < 1.29 is 9.53 Å². The van der Waals surface area contributed by atoms with Gasteiger partial charge in [-0.2, -0.15) is 0 Å². The van der Waals surface area contributed by atoms with Gasteiger partial charge in [0.05, 0.1) is 24.8 Å². The third-order valence-electron chi connectivity index (χ3n) is 5.07. The largest absolute Gasteiger partial charge is 0.373 e. The second-order valence-corrected chi connectivity index (χ2v) is 6.87. The molecular formula is C16H31N3O2. The Hall–Kier alpha value is -0.650. The van der Waals surface area contributed by atoms with Gasteiger partial charge in [0.2, 0.25) is 5.91 Å². The van der Waals surface area contributed by atoms with E-state index in [9.17, 15) is 4.79 Å². The molecule has 0 spiro atoms. The van der Waals surface area contributed by atoms with Crippen LogP contribution in [0.4, 0.5) is 0 Å². The molecular weight excluding hydrogens is 266 g/mol. The Kier molecular flexibility index (Phi) is 5.63. The van der Waals surface area contributed by atoms with Crippen LogP contribution >= 0.6 is 0 Å². The van der Waals surface area contributed by atoms with E-state index in [1.54, 1.807) is 0 Å². The summed E-state index contributed by atoms with van der Waals surface area (Å²) in [4.78, 5) is 17.1. The molecule has 21 heavy (non-hydrogen) atoms. The molecule has 0 radical (unpaired) electrons. The monoisotopic (exact) mass is 297 g/mol. The van der Waals surface area contributed by atoms with E-state index < -0.39 is 0 Å². The van der Waals surface area contributed by atoms with E-state index in [4.69, 9.17) is 4.74 Å². The van der Waals surface area contributed by atoms with Gasteiger partial charge in [0.25, 0.3) is 0 Å². The lowest BCUT2D eigenvalue weighted by Gasteiger charge is -2.36. The standard InChI is InChI=1S/C16H31N3O2/c1-11-6-7-12(2)19(11)14(4)16(20)17-13(3)15-10-18(5)8-9-21-15/h11-15H,6-10H2,1-5H3,(H,17,20)/t11-,12-,13+,14+,15+/m1/s1. The second-order valence-electron chi connectivity index (χ2n) is 6.87. The fraction of sp³-hybridized carbons (Fsp3) is 0.938. The van der Waals surface area contributed by atoms with Crippen molar-refractivity contribution in [2.24, 2.45) is 0 Å². The van der Waals surface area contributed by atoms with E-state index in [-0.39, 0.29) is 24.1 Å². The lowest BCUT2D eigenvalue weighted by Crippen LogP contribution is -2.56. The number of ether oxygens (including phenoxy) is 1. The minimum Gasteiger partial charge on any atom is -0.373 e. The van der Waals surface area contributed by atoms with Gasteiger partial charge in [-0.25, -0.2) is 0 Å². The normalized spacial score (nSPS) is 34.6. The molecule has 2 rings (SSSR count). The molecule has 0 aliphatic carbocycles. The number of hydrogen-bond donors (Lipinski definition) is 1. The van der Waals surface area contributed by atoms with Crippen molar-refractivity contribution in [3.05, 3.63) is 0 Å². The van der Waals surface area contributed by atoms with Gasteiger partial charge in [0.1, 0.15) is 0 Å². The van der Waals surface area contributed by atoms with Crippen LogP contribution in [-0.2, 0) is 9.53 Å². The molecule has 2 saturated heterocycles. The van der Waals surface area contributed by atoms with Gasteiger partial charge in [-0.15, -0.1) is 0 Å². The maximum Gasteiger partial charge on any atom is 0.237 e. The van der Waals surface area contributed by atoms with Crippen LogP contribution < -0.4 is 5.32 Å². The molecule has 5 atom stereocenters. The van der Waals surface area contributed by atoms with Gasteiger partial charge in [-0.05, 0) is 47.6 Å². The summed E-state index contributed by atoms with van der Waals surface area (Å²) >= 11 is 0. The number of carbonyl (C=O) groups excluding carboxylic acids is 1. The molecule has 0 bridgehead atoms. The highest BCUT2D eigenvalue weighted by Crippen LogP contribution is 2.26. The quantitative estimate of drug-likeness (QED) is 0.843. The van der Waals surface area contributed by atoms with E-state index in [1.165, 1.54) is 12.8 Å². The molecule has 5 nitrogen and oxygen atoms in total. The van der Waals surface area contributed by atoms with Crippen molar-refractivity contribution in [1.29, 1.82) is 0 Å². The van der Waals surface area contributed by atoms with Crippen LogP contribution in [0.25, 0.3) is 0 Å². The smallest absolute Gasteiger partial charge is 0.237 e. The Morgan fingerprint density at radius 2 is 1.86 bits per heavy atom. The number of likely N-dealkylation sites (tertiary alicyclic amines) is 1. The minimum atomic E-state index is -0.0683. The summed E-state index contributed by atoms with van der Waals surface area (Å²) in [7, 11) is 2.10. The first-order chi connectivity index (χ1) is 9.90. The summed E-state index contributed by atoms with van der Waals surface area (Å²) in [5.41, 5.74) is 0. The molecule has 2 aliphatic heterocycles. The van der Waals surface area contributed by atoms with E-state index in [1.807, 2.05) is 13.8 Å². The number of rotatable bonds is 4. The van der Waals surface area contributed by atoms with Gasteiger partial charge < -0.3 is 15.0 Å². The molecule has 0 aromatic heterocycles. The van der Waals surface area contributed by atoms with E-state index >= 15 is 0 Å².